The van der Waals surface area contributed by atoms with E-state index in [0.29, 0.717) is 25.6 Å². The molecule has 0 amide bonds. The third kappa shape index (κ3) is 4.88. The van der Waals surface area contributed by atoms with Gasteiger partial charge in [-0.25, -0.2) is 9.98 Å². The number of fused-ring (bicyclic) bond motifs is 1. The molecule has 0 saturated carbocycles. The highest BCUT2D eigenvalue weighted by Gasteiger charge is 2.20. The van der Waals surface area contributed by atoms with E-state index in [0.717, 1.165) is 34.7 Å². The van der Waals surface area contributed by atoms with Crippen molar-refractivity contribution in [2.45, 2.75) is 39.3 Å². The van der Waals surface area contributed by atoms with Gasteiger partial charge < -0.3 is 20.1 Å². The van der Waals surface area contributed by atoms with Crippen LogP contribution in [0.3, 0.4) is 0 Å². The summed E-state index contributed by atoms with van der Waals surface area (Å²) in [5, 5.41) is 9.73. The van der Waals surface area contributed by atoms with Crippen LogP contribution < -0.4 is 20.1 Å². The van der Waals surface area contributed by atoms with E-state index in [-0.39, 0.29) is 6.10 Å². The molecule has 0 fully saturated rings. The Morgan fingerprint density at radius 3 is 2.85 bits per heavy atom. The van der Waals surface area contributed by atoms with E-state index in [1.165, 1.54) is 0 Å². The Morgan fingerprint density at radius 2 is 2.12 bits per heavy atom. The maximum Gasteiger partial charge on any atom is 0.191 e. The third-order valence-corrected chi connectivity index (χ3v) is 4.79. The highest BCUT2D eigenvalue weighted by molar-refractivity contribution is 7.09. The lowest BCUT2D eigenvalue weighted by molar-refractivity contribution is 0.0936. The monoisotopic (exact) mass is 374 g/mol. The highest BCUT2D eigenvalue weighted by Crippen LogP contribution is 2.30. The maximum atomic E-state index is 5.97. The maximum absolute atomic E-state index is 5.97. The minimum Gasteiger partial charge on any atom is -0.486 e. The highest BCUT2D eigenvalue weighted by atomic mass is 32.1. The number of hydrogen-bond acceptors (Lipinski definition) is 5. The summed E-state index contributed by atoms with van der Waals surface area (Å²) in [4.78, 5) is 9.26. The second-order valence-electron chi connectivity index (χ2n) is 6.39. The van der Waals surface area contributed by atoms with Crippen molar-refractivity contribution in [2.75, 3.05) is 19.7 Å². The molecule has 2 heterocycles. The summed E-state index contributed by atoms with van der Waals surface area (Å²) in [5.74, 6) is 2.79. The molecular formula is C19H26N4O2S. The van der Waals surface area contributed by atoms with Gasteiger partial charge in [-0.3, -0.25) is 0 Å². The Labute approximate surface area is 158 Å². The molecule has 6 nitrogen and oxygen atoms in total. The summed E-state index contributed by atoms with van der Waals surface area (Å²) in [6.07, 6.45) is -0.0545. The molecular weight excluding hydrogens is 348 g/mol. The van der Waals surface area contributed by atoms with Crippen molar-refractivity contribution in [3.8, 4) is 11.5 Å². The lowest BCUT2D eigenvalue weighted by atomic mass is 10.2. The van der Waals surface area contributed by atoms with E-state index in [1.807, 2.05) is 31.2 Å². The number of rotatable bonds is 6. The summed E-state index contributed by atoms with van der Waals surface area (Å²) in [6.45, 7) is 8.86. The molecule has 2 N–H and O–H groups in total. The molecule has 1 unspecified atom stereocenters. The van der Waals surface area contributed by atoms with Crippen LogP contribution >= 0.6 is 11.3 Å². The fourth-order valence-corrected chi connectivity index (χ4v) is 3.40. The molecule has 2 aromatic rings. The molecule has 0 bridgehead atoms. The second-order valence-corrected chi connectivity index (χ2v) is 7.34. The second kappa shape index (κ2) is 8.89. The number of nitrogens with one attached hydrogen (secondary N) is 2. The van der Waals surface area contributed by atoms with Crippen molar-refractivity contribution >= 4 is 17.3 Å². The van der Waals surface area contributed by atoms with Gasteiger partial charge in [-0.05, 0) is 25.0 Å². The van der Waals surface area contributed by atoms with Gasteiger partial charge in [-0.2, -0.15) is 0 Å². The van der Waals surface area contributed by atoms with E-state index in [4.69, 9.17) is 9.47 Å². The van der Waals surface area contributed by atoms with Gasteiger partial charge in [0.1, 0.15) is 17.7 Å². The van der Waals surface area contributed by atoms with E-state index in [1.54, 1.807) is 11.3 Å². The van der Waals surface area contributed by atoms with Crippen molar-refractivity contribution in [3.05, 3.63) is 40.3 Å². The van der Waals surface area contributed by atoms with Crippen LogP contribution in [0.25, 0.3) is 0 Å². The molecule has 0 spiro atoms. The first kappa shape index (κ1) is 18.5. The smallest absolute Gasteiger partial charge is 0.191 e. The number of ether oxygens (including phenoxy) is 2. The van der Waals surface area contributed by atoms with E-state index >= 15 is 0 Å². The topological polar surface area (TPSA) is 67.8 Å². The first-order valence-corrected chi connectivity index (χ1v) is 9.88. The van der Waals surface area contributed by atoms with Crippen LogP contribution in [-0.4, -0.2) is 36.7 Å². The molecule has 0 aliphatic carbocycles. The van der Waals surface area contributed by atoms with Gasteiger partial charge >= 0.3 is 0 Å². The van der Waals surface area contributed by atoms with Crippen LogP contribution in [0.15, 0.2) is 34.6 Å². The Bertz CT molecular complexity index is 745. The number of thiazole rings is 1. The summed E-state index contributed by atoms with van der Waals surface area (Å²) in [6, 6.07) is 7.74. The molecule has 3 rings (SSSR count). The minimum absolute atomic E-state index is 0.0545. The molecule has 1 aliphatic heterocycles. The van der Waals surface area contributed by atoms with Crippen molar-refractivity contribution in [1.29, 1.82) is 0 Å². The molecule has 0 radical (unpaired) electrons. The molecule has 0 saturated heterocycles. The Morgan fingerprint density at radius 1 is 1.31 bits per heavy atom. The normalized spacial score (nSPS) is 16.6. The van der Waals surface area contributed by atoms with Crippen LogP contribution in [-0.2, 0) is 6.54 Å². The summed E-state index contributed by atoms with van der Waals surface area (Å²) < 4.78 is 11.7. The number of aromatic nitrogens is 1. The van der Waals surface area contributed by atoms with Crippen molar-refractivity contribution < 1.29 is 9.47 Å². The first-order chi connectivity index (χ1) is 12.7. The number of guanidine groups is 1. The van der Waals surface area contributed by atoms with Crippen molar-refractivity contribution in [2.24, 2.45) is 4.99 Å². The zero-order chi connectivity index (χ0) is 18.4. The van der Waals surface area contributed by atoms with Crippen LogP contribution in [0.5, 0.6) is 11.5 Å². The number of aliphatic imine (C=N–C) groups is 1. The minimum atomic E-state index is -0.0545. The van der Waals surface area contributed by atoms with E-state index in [9.17, 15) is 0 Å². The fourth-order valence-electron chi connectivity index (χ4n) is 2.53. The van der Waals surface area contributed by atoms with Gasteiger partial charge in [0.25, 0.3) is 0 Å². The lowest BCUT2D eigenvalue weighted by Gasteiger charge is -2.27. The largest absolute Gasteiger partial charge is 0.486 e. The van der Waals surface area contributed by atoms with Gasteiger partial charge in [0.15, 0.2) is 17.5 Å². The quantitative estimate of drug-likeness (QED) is 0.600. The Balaban J connectivity index is 1.54. The average molecular weight is 375 g/mol. The van der Waals surface area contributed by atoms with Crippen molar-refractivity contribution in [1.82, 2.24) is 15.6 Å². The Hall–Kier alpha value is -2.28. The first-order valence-electron chi connectivity index (χ1n) is 9.00. The molecule has 26 heavy (non-hydrogen) atoms. The van der Waals surface area contributed by atoms with Crippen LogP contribution in [0.2, 0.25) is 0 Å². The van der Waals surface area contributed by atoms with Crippen molar-refractivity contribution in [3.63, 3.8) is 0 Å². The summed E-state index contributed by atoms with van der Waals surface area (Å²) in [7, 11) is 0. The van der Waals surface area contributed by atoms with Gasteiger partial charge in [-0.1, -0.05) is 26.0 Å². The lowest BCUT2D eigenvalue weighted by Crippen LogP contribution is -2.45. The Kier molecular flexibility index (Phi) is 6.33. The zero-order valence-electron chi connectivity index (χ0n) is 15.5. The number of para-hydroxylation sites is 2. The van der Waals surface area contributed by atoms with Gasteiger partial charge in [0, 0.05) is 11.9 Å². The standard InChI is InChI=1S/C19H26N4O2S/c1-4-20-19(22-10-18-23-15(12-26-18)13(2)3)21-9-14-11-24-16-7-5-6-8-17(16)25-14/h5-8,12-14H,4,9-11H2,1-3H3,(H2,20,21,22). The van der Waals surface area contributed by atoms with Crippen LogP contribution in [0, 0.1) is 0 Å². The van der Waals surface area contributed by atoms with Crippen LogP contribution in [0.1, 0.15) is 37.4 Å². The summed E-state index contributed by atoms with van der Waals surface area (Å²) >= 11 is 1.66. The molecule has 1 atom stereocenters. The molecule has 1 aliphatic rings. The summed E-state index contributed by atoms with van der Waals surface area (Å²) in [5.41, 5.74) is 1.13. The number of hydrogen-bond donors (Lipinski definition) is 2. The fraction of sp³-hybridized carbons (Fsp3) is 0.474. The third-order valence-electron chi connectivity index (χ3n) is 3.94. The predicted octanol–water partition coefficient (Wildman–Crippen LogP) is 3.16. The number of nitrogens with zero attached hydrogens (tertiary/aromatic N) is 2. The number of benzene rings is 1. The van der Waals surface area contributed by atoms with Gasteiger partial charge in [-0.15, -0.1) is 11.3 Å². The molecule has 140 valence electrons. The average Bonchev–Trinajstić information content (AvgIpc) is 3.13. The molecule has 1 aromatic heterocycles. The van der Waals surface area contributed by atoms with Crippen LogP contribution in [0.4, 0.5) is 0 Å². The predicted molar refractivity (Wildman–Crippen MR) is 105 cm³/mol. The van der Waals surface area contributed by atoms with Gasteiger partial charge in [0.2, 0.25) is 0 Å². The van der Waals surface area contributed by atoms with Gasteiger partial charge in [0.05, 0.1) is 18.8 Å². The molecule has 7 heteroatoms. The van der Waals surface area contributed by atoms with E-state index in [2.05, 4.69) is 39.8 Å². The SMILES string of the molecule is CCNC(=NCc1nc(C(C)C)cs1)NCC1COc2ccccc2O1. The molecule has 1 aromatic carbocycles. The zero-order valence-corrected chi connectivity index (χ0v) is 16.3. The van der Waals surface area contributed by atoms with E-state index < -0.39 is 0 Å².